The van der Waals surface area contributed by atoms with Crippen molar-refractivity contribution >= 4 is 38.1 Å². The molecule has 1 aromatic carbocycles. The van der Waals surface area contributed by atoms with E-state index in [9.17, 15) is 13.2 Å². The minimum Gasteiger partial charge on any atom is -0.347 e. The molecule has 0 radical (unpaired) electrons. The summed E-state index contributed by atoms with van der Waals surface area (Å²) in [5.41, 5.74) is 1.81. The van der Waals surface area contributed by atoms with Crippen molar-refractivity contribution in [1.82, 2.24) is 14.2 Å². The van der Waals surface area contributed by atoms with E-state index in [1.54, 1.807) is 27.8 Å². The molecule has 0 unspecified atom stereocenters. The zero-order chi connectivity index (χ0) is 22.8. The molecule has 0 bridgehead atoms. The number of nitrogens with zero attached hydrogens (tertiary/aromatic N) is 5. The van der Waals surface area contributed by atoms with Crippen molar-refractivity contribution in [3.05, 3.63) is 35.3 Å². The summed E-state index contributed by atoms with van der Waals surface area (Å²) < 4.78 is 27.7. The SMILES string of the molecule is O=C(CN1CCCN(c2nccs2)CC1)N1CCc2cc(S(=O)(=O)N3CCCCC3)ccc21. The lowest BCUT2D eigenvalue weighted by Gasteiger charge is -2.26. The fraction of sp³-hybridized carbons (Fsp3) is 0.565. The van der Waals surface area contributed by atoms with Crippen LogP contribution in [0.2, 0.25) is 0 Å². The monoisotopic (exact) mass is 489 g/mol. The van der Waals surface area contributed by atoms with Crippen molar-refractivity contribution in [3.63, 3.8) is 0 Å². The van der Waals surface area contributed by atoms with Crippen molar-refractivity contribution < 1.29 is 13.2 Å². The Bertz CT molecular complexity index is 1080. The summed E-state index contributed by atoms with van der Waals surface area (Å²) in [6.07, 6.45) is 6.46. The van der Waals surface area contributed by atoms with Gasteiger partial charge in [-0.05, 0) is 49.4 Å². The molecule has 2 fully saturated rings. The summed E-state index contributed by atoms with van der Waals surface area (Å²) in [6.45, 7) is 5.74. The molecule has 3 aliphatic heterocycles. The Balaban J connectivity index is 1.23. The van der Waals surface area contributed by atoms with E-state index in [-0.39, 0.29) is 5.91 Å². The number of fused-ring (bicyclic) bond motifs is 1. The average Bonchev–Trinajstić information content (AvgIpc) is 3.46. The first kappa shape index (κ1) is 22.8. The van der Waals surface area contributed by atoms with E-state index in [1.807, 2.05) is 22.5 Å². The molecule has 33 heavy (non-hydrogen) atoms. The van der Waals surface area contributed by atoms with Gasteiger partial charge in [0, 0.05) is 63.1 Å². The first-order valence-electron chi connectivity index (χ1n) is 11.8. The molecule has 0 N–H and O–H groups in total. The predicted molar refractivity (Wildman–Crippen MR) is 130 cm³/mol. The third-order valence-corrected chi connectivity index (χ3v) is 9.56. The van der Waals surface area contributed by atoms with E-state index < -0.39 is 10.0 Å². The highest BCUT2D eigenvalue weighted by Gasteiger charge is 2.31. The molecule has 178 valence electrons. The number of carbonyl (C=O) groups is 1. The third kappa shape index (κ3) is 4.80. The Kier molecular flexibility index (Phi) is 6.69. The number of carbonyl (C=O) groups excluding carboxylic acids is 1. The number of hydrogen-bond acceptors (Lipinski definition) is 7. The lowest BCUT2D eigenvalue weighted by atomic mass is 10.2. The second-order valence-corrected chi connectivity index (χ2v) is 11.8. The number of aromatic nitrogens is 1. The molecular formula is C23H31N5O3S2. The summed E-state index contributed by atoms with van der Waals surface area (Å²) >= 11 is 1.65. The van der Waals surface area contributed by atoms with E-state index in [0.717, 1.165) is 68.2 Å². The molecule has 10 heteroatoms. The van der Waals surface area contributed by atoms with Crippen molar-refractivity contribution in [1.29, 1.82) is 0 Å². The van der Waals surface area contributed by atoms with Gasteiger partial charge in [-0.1, -0.05) is 6.42 Å². The number of benzene rings is 1. The summed E-state index contributed by atoms with van der Waals surface area (Å²) in [7, 11) is -3.46. The first-order chi connectivity index (χ1) is 16.0. The highest BCUT2D eigenvalue weighted by Crippen LogP contribution is 2.32. The minimum atomic E-state index is -3.46. The van der Waals surface area contributed by atoms with Crippen LogP contribution in [0.3, 0.4) is 0 Å². The Morgan fingerprint density at radius 1 is 0.970 bits per heavy atom. The van der Waals surface area contributed by atoms with Crippen molar-refractivity contribution in [2.45, 2.75) is 37.0 Å². The zero-order valence-corrected chi connectivity index (χ0v) is 20.5. The summed E-state index contributed by atoms with van der Waals surface area (Å²) in [5.74, 6) is 0.0862. The van der Waals surface area contributed by atoms with E-state index in [2.05, 4.69) is 14.8 Å². The van der Waals surface area contributed by atoms with Crippen LogP contribution in [0.25, 0.3) is 0 Å². The molecule has 2 aromatic rings. The smallest absolute Gasteiger partial charge is 0.243 e. The average molecular weight is 490 g/mol. The van der Waals surface area contributed by atoms with Crippen molar-refractivity contribution in [2.75, 3.05) is 62.2 Å². The molecular weight excluding hydrogens is 458 g/mol. The normalized spacial score (nSPS) is 20.6. The molecule has 4 heterocycles. The maximum Gasteiger partial charge on any atom is 0.243 e. The molecule has 0 aliphatic carbocycles. The molecule has 3 aliphatic rings. The molecule has 0 atom stereocenters. The van der Waals surface area contributed by atoms with Gasteiger partial charge in [0.15, 0.2) is 5.13 Å². The maximum atomic E-state index is 13.2. The van der Waals surface area contributed by atoms with Crippen molar-refractivity contribution in [2.24, 2.45) is 0 Å². The zero-order valence-electron chi connectivity index (χ0n) is 18.9. The van der Waals surface area contributed by atoms with Gasteiger partial charge in [-0.3, -0.25) is 9.69 Å². The number of thiazole rings is 1. The molecule has 1 aromatic heterocycles. The highest BCUT2D eigenvalue weighted by atomic mass is 32.2. The van der Waals surface area contributed by atoms with Gasteiger partial charge in [0.1, 0.15) is 0 Å². The van der Waals surface area contributed by atoms with E-state index >= 15 is 0 Å². The van der Waals surface area contributed by atoms with E-state index in [4.69, 9.17) is 0 Å². The highest BCUT2D eigenvalue weighted by molar-refractivity contribution is 7.89. The van der Waals surface area contributed by atoms with Gasteiger partial charge in [-0.2, -0.15) is 4.31 Å². The Labute approximate surface area is 199 Å². The van der Waals surface area contributed by atoms with Crippen LogP contribution in [0, 0.1) is 0 Å². The second kappa shape index (κ2) is 9.69. The van der Waals surface area contributed by atoms with Gasteiger partial charge in [-0.15, -0.1) is 11.3 Å². The fourth-order valence-electron chi connectivity index (χ4n) is 5.02. The number of sulfonamides is 1. The molecule has 1 amide bonds. The molecule has 0 saturated carbocycles. The van der Waals surface area contributed by atoms with Crippen LogP contribution < -0.4 is 9.80 Å². The lowest BCUT2D eigenvalue weighted by molar-refractivity contribution is -0.119. The number of hydrogen-bond donors (Lipinski definition) is 0. The first-order valence-corrected chi connectivity index (χ1v) is 14.1. The molecule has 8 nitrogen and oxygen atoms in total. The number of piperidine rings is 1. The van der Waals surface area contributed by atoms with Crippen molar-refractivity contribution in [3.8, 4) is 0 Å². The summed E-state index contributed by atoms with van der Waals surface area (Å²) in [5, 5.41) is 3.04. The quantitative estimate of drug-likeness (QED) is 0.642. The van der Waals surface area contributed by atoms with E-state index in [1.165, 1.54) is 0 Å². The minimum absolute atomic E-state index is 0.0862. The van der Waals surface area contributed by atoms with Crippen LogP contribution in [0.5, 0.6) is 0 Å². The predicted octanol–water partition coefficient (Wildman–Crippen LogP) is 2.42. The summed E-state index contributed by atoms with van der Waals surface area (Å²) in [6, 6.07) is 5.28. The number of amides is 1. The second-order valence-electron chi connectivity index (χ2n) is 8.98. The van der Waals surface area contributed by atoms with Crippen LogP contribution in [-0.2, 0) is 21.2 Å². The van der Waals surface area contributed by atoms with Gasteiger partial charge in [0.25, 0.3) is 0 Å². The number of anilines is 2. The van der Waals surface area contributed by atoms with Crippen LogP contribution in [0.15, 0.2) is 34.7 Å². The molecule has 5 rings (SSSR count). The van der Waals surface area contributed by atoms with Gasteiger partial charge < -0.3 is 9.80 Å². The lowest BCUT2D eigenvalue weighted by Crippen LogP contribution is -2.41. The number of rotatable bonds is 5. The Morgan fingerprint density at radius 2 is 1.82 bits per heavy atom. The molecule has 0 spiro atoms. The largest absolute Gasteiger partial charge is 0.347 e. The van der Waals surface area contributed by atoms with E-state index in [0.29, 0.717) is 37.5 Å². The maximum absolute atomic E-state index is 13.2. The molecule has 2 saturated heterocycles. The van der Waals surface area contributed by atoms with Gasteiger partial charge >= 0.3 is 0 Å². The topological polar surface area (TPSA) is 77.1 Å². The van der Waals surface area contributed by atoms with Gasteiger partial charge in [0.2, 0.25) is 15.9 Å². The van der Waals surface area contributed by atoms with Crippen LogP contribution >= 0.6 is 11.3 Å². The van der Waals surface area contributed by atoms with Gasteiger partial charge in [0.05, 0.1) is 11.4 Å². The van der Waals surface area contributed by atoms with Crippen LogP contribution in [-0.4, -0.2) is 80.9 Å². The standard InChI is InChI=1S/C23H31N5O3S2/c29-22(18-25-9-4-10-26(15-14-25)23-24-8-16-32-23)28-13-7-19-17-20(5-6-21(19)28)33(30,31)27-11-2-1-3-12-27/h5-6,8,16-17H,1-4,7,9-15,18H2. The van der Waals surface area contributed by atoms with Crippen LogP contribution in [0.4, 0.5) is 10.8 Å². The summed E-state index contributed by atoms with van der Waals surface area (Å²) in [4.78, 5) is 24.3. The Morgan fingerprint density at radius 3 is 2.61 bits per heavy atom. The third-order valence-electron chi connectivity index (χ3n) is 6.84. The van der Waals surface area contributed by atoms with Gasteiger partial charge in [-0.25, -0.2) is 13.4 Å². The fourth-order valence-corrected chi connectivity index (χ4v) is 7.29. The van der Waals surface area contributed by atoms with Crippen LogP contribution in [0.1, 0.15) is 31.2 Å². The Hall–Kier alpha value is -2.01.